The number of benzene rings is 3. The molecule has 1 heterocycles. The molecule has 0 saturated carbocycles. The molecule has 2 amide bonds. The number of carbonyl (C=O) groups excluding carboxylic acids is 2. The van der Waals surface area contributed by atoms with E-state index < -0.39 is 38.2 Å². The highest BCUT2D eigenvalue weighted by molar-refractivity contribution is 6.74. The van der Waals surface area contributed by atoms with Crippen LogP contribution in [0.4, 0.5) is 4.79 Å². The van der Waals surface area contributed by atoms with Crippen LogP contribution in [0.25, 0.3) is 11.0 Å². The van der Waals surface area contributed by atoms with Gasteiger partial charge in [-0.1, -0.05) is 93.6 Å². The summed E-state index contributed by atoms with van der Waals surface area (Å²) in [7, 11) is -2.31. The van der Waals surface area contributed by atoms with Gasteiger partial charge in [-0.25, -0.2) is 9.78 Å². The molecule has 3 aromatic carbocycles. The maximum Gasteiger partial charge on any atom is 0.407 e. The van der Waals surface area contributed by atoms with Crippen molar-refractivity contribution in [2.24, 2.45) is 0 Å². The van der Waals surface area contributed by atoms with E-state index in [1.165, 1.54) is 0 Å². The van der Waals surface area contributed by atoms with E-state index >= 15 is 0 Å². The van der Waals surface area contributed by atoms with Gasteiger partial charge in [0.25, 0.3) is 0 Å². The Labute approximate surface area is 274 Å². The summed E-state index contributed by atoms with van der Waals surface area (Å²) in [6.45, 7) is 16.5. The topological polar surface area (TPSA) is 105 Å². The van der Waals surface area contributed by atoms with Gasteiger partial charge >= 0.3 is 6.09 Å². The zero-order valence-corrected chi connectivity index (χ0v) is 29.5. The van der Waals surface area contributed by atoms with Crippen molar-refractivity contribution >= 4 is 31.4 Å². The summed E-state index contributed by atoms with van der Waals surface area (Å²) < 4.78 is 12.7. The number of ether oxygens (including phenoxy) is 1. The van der Waals surface area contributed by atoms with Crippen LogP contribution >= 0.6 is 0 Å². The number of para-hydroxylation sites is 2. The fourth-order valence-electron chi connectivity index (χ4n) is 5.07. The van der Waals surface area contributed by atoms with E-state index in [4.69, 9.17) is 14.1 Å². The largest absolute Gasteiger partial charge is 0.444 e. The minimum absolute atomic E-state index is 0.0730. The third-order valence-corrected chi connectivity index (χ3v) is 13.0. The van der Waals surface area contributed by atoms with E-state index in [0.29, 0.717) is 18.7 Å². The number of hydrogen-bond donors (Lipinski definition) is 3. The molecule has 0 radical (unpaired) electrons. The summed E-state index contributed by atoms with van der Waals surface area (Å²) in [6.07, 6.45) is 0.209. The Hall–Kier alpha value is -3.95. The molecule has 0 aliphatic heterocycles. The number of imidazole rings is 1. The number of alkyl carbamates (subject to hydrolysis) is 1. The fourth-order valence-corrected chi connectivity index (χ4v) is 6.46. The van der Waals surface area contributed by atoms with Crippen LogP contribution in [-0.4, -0.2) is 48.0 Å². The van der Waals surface area contributed by atoms with Crippen molar-refractivity contribution in [1.82, 2.24) is 20.6 Å². The second kappa shape index (κ2) is 14.6. The van der Waals surface area contributed by atoms with Gasteiger partial charge in [0.1, 0.15) is 17.5 Å². The molecule has 9 heteroatoms. The highest BCUT2D eigenvalue weighted by Crippen LogP contribution is 2.38. The molecule has 0 aliphatic carbocycles. The number of hydrogen-bond acceptors (Lipinski definition) is 5. The van der Waals surface area contributed by atoms with Gasteiger partial charge in [0.2, 0.25) is 5.91 Å². The van der Waals surface area contributed by atoms with Gasteiger partial charge in [-0.3, -0.25) is 4.79 Å². The average Bonchev–Trinajstić information content (AvgIpc) is 3.41. The van der Waals surface area contributed by atoms with Crippen LogP contribution in [0.3, 0.4) is 0 Å². The molecule has 1 unspecified atom stereocenters. The summed E-state index contributed by atoms with van der Waals surface area (Å²) in [6, 6.07) is 26.8. The molecule has 46 heavy (non-hydrogen) atoms. The zero-order valence-electron chi connectivity index (χ0n) is 28.5. The molecule has 8 nitrogen and oxygen atoms in total. The first-order valence-electron chi connectivity index (χ1n) is 16.1. The van der Waals surface area contributed by atoms with Crippen molar-refractivity contribution in [3.05, 3.63) is 102 Å². The van der Waals surface area contributed by atoms with Crippen LogP contribution in [0.2, 0.25) is 18.1 Å². The lowest BCUT2D eigenvalue weighted by Gasteiger charge is -2.42. The van der Waals surface area contributed by atoms with E-state index in [9.17, 15) is 9.59 Å². The molecule has 3 N–H and O–H groups in total. The Morgan fingerprint density at radius 1 is 0.848 bits per heavy atom. The van der Waals surface area contributed by atoms with Crippen LogP contribution in [0.5, 0.6) is 0 Å². The van der Waals surface area contributed by atoms with Crippen molar-refractivity contribution in [3.63, 3.8) is 0 Å². The molecule has 0 bridgehead atoms. The van der Waals surface area contributed by atoms with E-state index in [2.05, 4.69) is 49.5 Å². The highest BCUT2D eigenvalue weighted by atomic mass is 28.4. The van der Waals surface area contributed by atoms with Crippen LogP contribution < -0.4 is 10.6 Å². The Morgan fingerprint density at radius 3 is 2.07 bits per heavy atom. The van der Waals surface area contributed by atoms with Crippen molar-refractivity contribution < 1.29 is 18.8 Å². The molecule has 0 fully saturated rings. The third-order valence-electron chi connectivity index (χ3n) is 8.48. The molecule has 0 aliphatic rings. The molecule has 0 saturated heterocycles. The minimum Gasteiger partial charge on any atom is -0.444 e. The zero-order chi connectivity index (χ0) is 33.5. The monoisotopic (exact) mass is 642 g/mol. The summed E-state index contributed by atoms with van der Waals surface area (Å²) in [5, 5.41) is 6.27. The summed E-state index contributed by atoms with van der Waals surface area (Å²) in [5.41, 5.74) is 3.09. The maximum absolute atomic E-state index is 13.8. The van der Waals surface area contributed by atoms with Gasteiger partial charge < -0.3 is 24.8 Å². The standard InChI is InChI=1S/C37H50N4O4Si/c1-36(2,3)44-35(43)40-30(25-26-17-11-9-12-18-26)31(45-46(7,8)37(4,5)6)23-24-32(42)41-33(27-19-13-10-14-20-27)34-38-28-21-15-16-22-29(28)39-34/h9-22,30-31,33H,23-25H2,1-8H3,(H,38,39)(H,40,43)(H,41,42)/t30-,31-,33?/m0/s1. The Kier molecular flexibility index (Phi) is 11.1. The molecular weight excluding hydrogens is 593 g/mol. The first-order chi connectivity index (χ1) is 21.6. The van der Waals surface area contributed by atoms with Crippen LogP contribution in [0, 0.1) is 0 Å². The Bertz CT molecular complexity index is 1540. The van der Waals surface area contributed by atoms with Crippen LogP contribution in [-0.2, 0) is 20.4 Å². The molecular formula is C37H50N4O4Si. The van der Waals surface area contributed by atoms with E-state index in [1.54, 1.807) is 0 Å². The maximum atomic E-state index is 13.8. The van der Waals surface area contributed by atoms with Gasteiger partial charge in [-0.15, -0.1) is 0 Å². The lowest BCUT2D eigenvalue weighted by atomic mass is 9.98. The quantitative estimate of drug-likeness (QED) is 0.136. The molecule has 3 atom stereocenters. The fraction of sp³-hybridized carbons (Fsp3) is 0.432. The first kappa shape index (κ1) is 34.9. The Morgan fingerprint density at radius 2 is 1.46 bits per heavy atom. The van der Waals surface area contributed by atoms with Gasteiger partial charge in [0, 0.05) is 6.42 Å². The van der Waals surface area contributed by atoms with E-state index in [0.717, 1.165) is 22.2 Å². The van der Waals surface area contributed by atoms with Gasteiger partial charge in [0.05, 0.1) is 23.2 Å². The summed E-state index contributed by atoms with van der Waals surface area (Å²) >= 11 is 0. The lowest BCUT2D eigenvalue weighted by Crippen LogP contribution is -2.53. The SMILES string of the molecule is CC(C)(C)OC(=O)N[C@@H](Cc1ccccc1)[C@H](CCC(=O)NC(c1ccccc1)c1nc2ccccc2[nH]1)O[Si](C)(C)C(C)(C)C. The normalized spacial score (nSPS) is 14.3. The van der Waals surface area contributed by atoms with E-state index in [1.807, 2.05) is 106 Å². The smallest absolute Gasteiger partial charge is 0.407 e. The molecule has 4 rings (SSSR count). The second-order valence-corrected chi connectivity index (χ2v) is 19.2. The summed E-state index contributed by atoms with van der Waals surface area (Å²) in [4.78, 5) is 35.1. The number of amides is 2. The van der Waals surface area contributed by atoms with Crippen LogP contribution in [0.1, 0.15) is 77.4 Å². The molecule has 4 aromatic rings. The number of nitrogens with one attached hydrogen (secondary N) is 3. The average molecular weight is 643 g/mol. The number of carbonyl (C=O) groups is 2. The molecule has 0 spiro atoms. The highest BCUT2D eigenvalue weighted by Gasteiger charge is 2.41. The van der Waals surface area contributed by atoms with Crippen LogP contribution in [0.15, 0.2) is 84.9 Å². The molecule has 246 valence electrons. The second-order valence-electron chi connectivity index (χ2n) is 14.4. The Balaban J connectivity index is 1.60. The number of rotatable bonds is 12. The number of nitrogens with zero attached hydrogens (tertiary/aromatic N) is 1. The summed E-state index contributed by atoms with van der Waals surface area (Å²) in [5.74, 6) is 0.539. The molecule has 1 aromatic heterocycles. The lowest BCUT2D eigenvalue weighted by molar-refractivity contribution is -0.122. The number of fused-ring (bicyclic) bond motifs is 1. The van der Waals surface area contributed by atoms with Crippen molar-refractivity contribution in [2.45, 2.75) is 103 Å². The minimum atomic E-state index is -2.31. The number of H-pyrrole nitrogens is 1. The van der Waals surface area contributed by atoms with Gasteiger partial charge in [0.15, 0.2) is 8.32 Å². The number of aromatic nitrogens is 2. The van der Waals surface area contributed by atoms with Gasteiger partial charge in [-0.2, -0.15) is 0 Å². The predicted octanol–water partition coefficient (Wildman–Crippen LogP) is 8.08. The van der Waals surface area contributed by atoms with Gasteiger partial charge in [-0.05, 0) is 75.0 Å². The number of aromatic amines is 1. The first-order valence-corrected chi connectivity index (χ1v) is 19.0. The van der Waals surface area contributed by atoms with Crippen molar-refractivity contribution in [2.75, 3.05) is 0 Å². The third kappa shape index (κ3) is 9.77. The van der Waals surface area contributed by atoms with Crippen molar-refractivity contribution in [3.8, 4) is 0 Å². The predicted molar refractivity (Wildman–Crippen MR) is 187 cm³/mol. The van der Waals surface area contributed by atoms with Crippen molar-refractivity contribution in [1.29, 1.82) is 0 Å². The van der Waals surface area contributed by atoms with E-state index in [-0.39, 0.29) is 17.4 Å².